The first-order valence-electron chi connectivity index (χ1n) is 6.58. The SMILES string of the molecule is CC(C)(CCCCl)CNCCOc1ccccc1. The zero-order valence-electron chi connectivity index (χ0n) is 11.4. The van der Waals surface area contributed by atoms with Gasteiger partial charge in [0.1, 0.15) is 12.4 Å². The van der Waals surface area contributed by atoms with Crippen LogP contribution in [0.3, 0.4) is 0 Å². The minimum Gasteiger partial charge on any atom is -0.492 e. The van der Waals surface area contributed by atoms with Crippen LogP contribution in [0.5, 0.6) is 5.75 Å². The third-order valence-electron chi connectivity index (χ3n) is 2.88. The van der Waals surface area contributed by atoms with Crippen molar-refractivity contribution in [2.75, 3.05) is 25.6 Å². The molecule has 0 aliphatic carbocycles. The standard InChI is InChI=1S/C15H24ClNO/c1-15(2,9-6-10-16)13-17-11-12-18-14-7-4-3-5-8-14/h3-5,7-8,17H,6,9-13H2,1-2H3. The highest BCUT2D eigenvalue weighted by Gasteiger charge is 2.16. The summed E-state index contributed by atoms with van der Waals surface area (Å²) in [6.07, 6.45) is 2.24. The highest BCUT2D eigenvalue weighted by molar-refractivity contribution is 6.17. The molecule has 0 radical (unpaired) electrons. The van der Waals surface area contributed by atoms with Crippen molar-refractivity contribution in [1.29, 1.82) is 0 Å². The lowest BCUT2D eigenvalue weighted by Gasteiger charge is -2.24. The monoisotopic (exact) mass is 269 g/mol. The molecule has 0 spiro atoms. The maximum absolute atomic E-state index is 5.72. The highest BCUT2D eigenvalue weighted by Crippen LogP contribution is 2.21. The van der Waals surface area contributed by atoms with Gasteiger partial charge in [0.25, 0.3) is 0 Å². The molecule has 18 heavy (non-hydrogen) atoms. The van der Waals surface area contributed by atoms with Gasteiger partial charge in [0.2, 0.25) is 0 Å². The number of benzene rings is 1. The lowest BCUT2D eigenvalue weighted by molar-refractivity contribution is 0.277. The Bertz CT molecular complexity index is 314. The molecule has 3 heteroatoms. The molecule has 1 aromatic rings. The molecular weight excluding hydrogens is 246 g/mol. The van der Waals surface area contributed by atoms with Gasteiger partial charge in [-0.15, -0.1) is 11.6 Å². The minimum absolute atomic E-state index is 0.307. The zero-order valence-corrected chi connectivity index (χ0v) is 12.2. The largest absolute Gasteiger partial charge is 0.492 e. The number of nitrogens with one attached hydrogen (secondary N) is 1. The summed E-state index contributed by atoms with van der Waals surface area (Å²) in [5.41, 5.74) is 0.307. The van der Waals surface area contributed by atoms with Crippen LogP contribution in [0.1, 0.15) is 26.7 Å². The van der Waals surface area contributed by atoms with Crippen molar-refractivity contribution in [3.05, 3.63) is 30.3 Å². The molecule has 1 rings (SSSR count). The summed E-state index contributed by atoms with van der Waals surface area (Å²) in [6.45, 7) is 7.12. The molecule has 102 valence electrons. The fourth-order valence-electron chi connectivity index (χ4n) is 1.82. The van der Waals surface area contributed by atoms with Gasteiger partial charge >= 0.3 is 0 Å². The van der Waals surface area contributed by atoms with E-state index < -0.39 is 0 Å². The summed E-state index contributed by atoms with van der Waals surface area (Å²) in [5.74, 6) is 1.68. The Labute approximate surface area is 116 Å². The fourth-order valence-corrected chi connectivity index (χ4v) is 1.95. The number of para-hydroxylation sites is 1. The van der Waals surface area contributed by atoms with E-state index in [1.54, 1.807) is 0 Å². The second-order valence-corrected chi connectivity index (χ2v) is 5.67. The normalized spacial score (nSPS) is 11.5. The summed E-state index contributed by atoms with van der Waals surface area (Å²) >= 11 is 5.72. The molecule has 0 saturated heterocycles. The third kappa shape index (κ3) is 6.87. The van der Waals surface area contributed by atoms with E-state index in [1.165, 1.54) is 0 Å². The van der Waals surface area contributed by atoms with E-state index in [9.17, 15) is 0 Å². The second-order valence-electron chi connectivity index (χ2n) is 5.30. The van der Waals surface area contributed by atoms with Crippen molar-refractivity contribution in [1.82, 2.24) is 5.32 Å². The molecule has 0 aromatic heterocycles. The molecule has 2 nitrogen and oxygen atoms in total. The number of alkyl halides is 1. The quantitative estimate of drug-likeness (QED) is 0.545. The van der Waals surface area contributed by atoms with Crippen LogP contribution in [-0.2, 0) is 0 Å². The van der Waals surface area contributed by atoms with Gasteiger partial charge in [-0.2, -0.15) is 0 Å². The summed E-state index contributed by atoms with van der Waals surface area (Å²) in [4.78, 5) is 0. The first-order valence-corrected chi connectivity index (χ1v) is 7.12. The number of rotatable bonds is 9. The second kappa shape index (κ2) is 8.39. The maximum Gasteiger partial charge on any atom is 0.119 e. The predicted molar refractivity (Wildman–Crippen MR) is 78.5 cm³/mol. The Morgan fingerprint density at radius 3 is 2.61 bits per heavy atom. The van der Waals surface area contributed by atoms with Crippen LogP contribution < -0.4 is 10.1 Å². The fraction of sp³-hybridized carbons (Fsp3) is 0.600. The average molecular weight is 270 g/mol. The summed E-state index contributed by atoms with van der Waals surface area (Å²) in [6, 6.07) is 9.91. The molecular formula is C15H24ClNO. The van der Waals surface area contributed by atoms with E-state index in [4.69, 9.17) is 16.3 Å². The van der Waals surface area contributed by atoms with Crippen LogP contribution >= 0.6 is 11.6 Å². The third-order valence-corrected chi connectivity index (χ3v) is 3.15. The molecule has 0 aliphatic rings. The molecule has 1 N–H and O–H groups in total. The van der Waals surface area contributed by atoms with Crippen molar-refractivity contribution in [2.45, 2.75) is 26.7 Å². The zero-order chi connectivity index (χ0) is 13.3. The smallest absolute Gasteiger partial charge is 0.119 e. The van der Waals surface area contributed by atoms with Gasteiger partial charge in [-0.25, -0.2) is 0 Å². The highest BCUT2D eigenvalue weighted by atomic mass is 35.5. The van der Waals surface area contributed by atoms with Gasteiger partial charge in [-0.3, -0.25) is 0 Å². The van der Waals surface area contributed by atoms with Crippen molar-refractivity contribution in [3.8, 4) is 5.75 Å². The Morgan fingerprint density at radius 2 is 1.94 bits per heavy atom. The topological polar surface area (TPSA) is 21.3 Å². The van der Waals surface area contributed by atoms with Crippen LogP contribution in [0, 0.1) is 5.41 Å². The number of halogens is 1. The van der Waals surface area contributed by atoms with Crippen molar-refractivity contribution in [2.24, 2.45) is 5.41 Å². The lowest BCUT2D eigenvalue weighted by atomic mass is 9.88. The van der Waals surface area contributed by atoms with Crippen LogP contribution in [-0.4, -0.2) is 25.6 Å². The maximum atomic E-state index is 5.72. The molecule has 0 saturated carbocycles. The van der Waals surface area contributed by atoms with Crippen LogP contribution in [0.25, 0.3) is 0 Å². The van der Waals surface area contributed by atoms with E-state index in [0.29, 0.717) is 12.0 Å². The van der Waals surface area contributed by atoms with Gasteiger partial charge in [0.15, 0.2) is 0 Å². The number of hydrogen-bond acceptors (Lipinski definition) is 2. The van der Waals surface area contributed by atoms with E-state index in [-0.39, 0.29) is 0 Å². The molecule has 1 aromatic carbocycles. The van der Waals surface area contributed by atoms with E-state index >= 15 is 0 Å². The molecule has 0 atom stereocenters. The van der Waals surface area contributed by atoms with Gasteiger partial charge < -0.3 is 10.1 Å². The van der Waals surface area contributed by atoms with Crippen molar-refractivity contribution >= 4 is 11.6 Å². The number of hydrogen-bond donors (Lipinski definition) is 1. The van der Waals surface area contributed by atoms with Crippen LogP contribution in [0.2, 0.25) is 0 Å². The Morgan fingerprint density at radius 1 is 1.22 bits per heavy atom. The molecule has 0 unspecified atom stereocenters. The van der Waals surface area contributed by atoms with Gasteiger partial charge in [-0.05, 0) is 30.4 Å². The van der Waals surface area contributed by atoms with Gasteiger partial charge in [0, 0.05) is 19.0 Å². The van der Waals surface area contributed by atoms with Gasteiger partial charge in [-0.1, -0.05) is 32.0 Å². The molecule has 0 bridgehead atoms. The predicted octanol–water partition coefficient (Wildman–Crippen LogP) is 3.70. The minimum atomic E-state index is 0.307. The Balaban J connectivity index is 2.08. The molecule has 0 amide bonds. The first-order chi connectivity index (χ1) is 8.64. The van der Waals surface area contributed by atoms with E-state index in [1.807, 2.05) is 30.3 Å². The van der Waals surface area contributed by atoms with E-state index in [2.05, 4.69) is 19.2 Å². The summed E-state index contributed by atoms with van der Waals surface area (Å²) in [5, 5.41) is 3.44. The molecule has 0 heterocycles. The average Bonchev–Trinajstić information content (AvgIpc) is 2.37. The Kier molecular flexibility index (Phi) is 7.14. The van der Waals surface area contributed by atoms with Crippen LogP contribution in [0.4, 0.5) is 0 Å². The van der Waals surface area contributed by atoms with Crippen LogP contribution in [0.15, 0.2) is 30.3 Å². The van der Waals surface area contributed by atoms with Crippen molar-refractivity contribution in [3.63, 3.8) is 0 Å². The number of ether oxygens (including phenoxy) is 1. The first kappa shape index (κ1) is 15.3. The molecule has 0 fully saturated rings. The van der Waals surface area contributed by atoms with E-state index in [0.717, 1.165) is 37.6 Å². The molecule has 0 aliphatic heterocycles. The Hall–Kier alpha value is -0.730. The summed E-state index contributed by atoms with van der Waals surface area (Å²) in [7, 11) is 0. The lowest BCUT2D eigenvalue weighted by Crippen LogP contribution is -2.32. The van der Waals surface area contributed by atoms with Gasteiger partial charge in [0.05, 0.1) is 0 Å². The van der Waals surface area contributed by atoms with Crippen molar-refractivity contribution < 1.29 is 4.74 Å². The summed E-state index contributed by atoms with van der Waals surface area (Å²) < 4.78 is 5.62.